The highest BCUT2D eigenvalue weighted by Crippen LogP contribution is 2.33. The van der Waals surface area contributed by atoms with Crippen LogP contribution in [-0.4, -0.2) is 25.1 Å². The molecular formula is C21H18N4O3S. The van der Waals surface area contributed by atoms with Crippen molar-refractivity contribution in [1.29, 1.82) is 5.26 Å². The van der Waals surface area contributed by atoms with Gasteiger partial charge in [0.05, 0.1) is 31.2 Å². The quantitative estimate of drug-likeness (QED) is 0.576. The van der Waals surface area contributed by atoms with Gasteiger partial charge < -0.3 is 20.5 Å². The lowest BCUT2D eigenvalue weighted by Gasteiger charge is -2.08. The van der Waals surface area contributed by atoms with Crippen molar-refractivity contribution >= 4 is 28.5 Å². The summed E-state index contributed by atoms with van der Waals surface area (Å²) in [5, 5.41) is 14.9. The van der Waals surface area contributed by atoms with E-state index in [1.54, 1.807) is 44.6 Å². The van der Waals surface area contributed by atoms with Gasteiger partial charge in [-0.1, -0.05) is 12.1 Å². The summed E-state index contributed by atoms with van der Waals surface area (Å²) in [5.41, 5.74) is 8.13. The molecule has 0 unspecified atom stereocenters. The fourth-order valence-electron chi connectivity index (χ4n) is 2.64. The van der Waals surface area contributed by atoms with E-state index in [0.29, 0.717) is 39.0 Å². The van der Waals surface area contributed by atoms with Crippen LogP contribution in [0.15, 0.2) is 54.0 Å². The molecule has 0 aliphatic carbocycles. The van der Waals surface area contributed by atoms with Crippen molar-refractivity contribution < 1.29 is 14.3 Å². The first-order valence-electron chi connectivity index (χ1n) is 8.51. The molecule has 0 fully saturated rings. The number of primary amides is 1. The first-order valence-corrected chi connectivity index (χ1v) is 9.39. The zero-order valence-corrected chi connectivity index (χ0v) is 16.6. The van der Waals surface area contributed by atoms with Crippen molar-refractivity contribution in [3.63, 3.8) is 0 Å². The summed E-state index contributed by atoms with van der Waals surface area (Å²) in [4.78, 5) is 16.1. The summed E-state index contributed by atoms with van der Waals surface area (Å²) in [6, 6.07) is 14.4. The normalized spacial score (nSPS) is 10.9. The highest BCUT2D eigenvalue weighted by Gasteiger charge is 2.12. The molecule has 3 aromatic rings. The highest BCUT2D eigenvalue weighted by molar-refractivity contribution is 7.11. The number of amides is 1. The maximum Gasteiger partial charge on any atom is 0.250 e. The molecule has 0 saturated carbocycles. The van der Waals surface area contributed by atoms with Gasteiger partial charge in [0.1, 0.15) is 16.6 Å². The number of benzene rings is 2. The largest absolute Gasteiger partial charge is 0.493 e. The molecule has 1 amide bonds. The smallest absolute Gasteiger partial charge is 0.250 e. The van der Waals surface area contributed by atoms with E-state index in [1.165, 1.54) is 17.5 Å². The number of methoxy groups -OCH3 is 2. The van der Waals surface area contributed by atoms with Crippen LogP contribution in [0, 0.1) is 11.3 Å². The highest BCUT2D eigenvalue weighted by atomic mass is 32.1. The third-order valence-corrected chi connectivity index (χ3v) is 4.97. The summed E-state index contributed by atoms with van der Waals surface area (Å²) in [6.45, 7) is 0. The number of hydrogen-bond acceptors (Lipinski definition) is 7. The number of nitrogens with two attached hydrogens (primary N) is 1. The fraction of sp³-hybridized carbons (Fsp3) is 0.0952. The van der Waals surface area contributed by atoms with Crippen molar-refractivity contribution in [1.82, 2.24) is 4.98 Å². The lowest BCUT2D eigenvalue weighted by Crippen LogP contribution is -2.13. The number of hydrogen-bond donors (Lipinski definition) is 2. The number of nitrogens with one attached hydrogen (secondary N) is 1. The van der Waals surface area contributed by atoms with Gasteiger partial charge in [0.25, 0.3) is 5.91 Å². The lowest BCUT2D eigenvalue weighted by molar-refractivity contribution is 0.100. The van der Waals surface area contributed by atoms with Gasteiger partial charge in [-0.2, -0.15) is 5.26 Å². The molecule has 1 heterocycles. The Hall–Kier alpha value is -3.83. The van der Waals surface area contributed by atoms with Crippen molar-refractivity contribution in [3.8, 4) is 28.8 Å². The SMILES string of the molecule is COc1ccc(-c2csc(/C(C#N)=C/Nc3ccccc3C(N)=O)n2)cc1OC. The first kappa shape index (κ1) is 19.9. The van der Waals surface area contributed by atoms with Gasteiger partial charge in [0.15, 0.2) is 11.5 Å². The van der Waals surface area contributed by atoms with Gasteiger partial charge in [-0.3, -0.25) is 4.79 Å². The van der Waals surface area contributed by atoms with Crippen molar-refractivity contribution in [2.75, 3.05) is 19.5 Å². The molecule has 0 spiro atoms. The van der Waals surface area contributed by atoms with Crippen molar-refractivity contribution in [2.45, 2.75) is 0 Å². The third kappa shape index (κ3) is 4.36. The number of ether oxygens (including phenoxy) is 2. The molecular weight excluding hydrogens is 388 g/mol. The van der Waals surface area contributed by atoms with Crippen LogP contribution in [0.1, 0.15) is 15.4 Å². The molecule has 146 valence electrons. The van der Waals surface area contributed by atoms with Gasteiger partial charge in [0.2, 0.25) is 0 Å². The molecule has 0 radical (unpaired) electrons. The number of nitrogens with zero attached hydrogens (tertiary/aromatic N) is 2. The topological polar surface area (TPSA) is 110 Å². The van der Waals surface area contributed by atoms with Gasteiger partial charge in [-0.25, -0.2) is 4.98 Å². The number of rotatable bonds is 7. The van der Waals surface area contributed by atoms with E-state index in [9.17, 15) is 10.1 Å². The maximum atomic E-state index is 11.5. The zero-order valence-electron chi connectivity index (χ0n) is 15.8. The van der Waals surface area contributed by atoms with Gasteiger partial charge in [-0.15, -0.1) is 11.3 Å². The number of thiazole rings is 1. The van der Waals surface area contributed by atoms with E-state index in [2.05, 4.69) is 16.4 Å². The predicted molar refractivity (Wildman–Crippen MR) is 113 cm³/mol. The summed E-state index contributed by atoms with van der Waals surface area (Å²) < 4.78 is 10.6. The van der Waals surface area contributed by atoms with Crippen LogP contribution in [0.2, 0.25) is 0 Å². The van der Waals surface area contributed by atoms with E-state index in [4.69, 9.17) is 15.2 Å². The van der Waals surface area contributed by atoms with E-state index < -0.39 is 5.91 Å². The predicted octanol–water partition coefficient (Wildman–Crippen LogP) is 3.90. The van der Waals surface area contributed by atoms with Crippen LogP contribution in [0.5, 0.6) is 11.5 Å². The van der Waals surface area contributed by atoms with Gasteiger partial charge in [0, 0.05) is 17.1 Å². The second-order valence-electron chi connectivity index (χ2n) is 5.83. The van der Waals surface area contributed by atoms with Crippen LogP contribution in [-0.2, 0) is 0 Å². The number of nitriles is 1. The molecule has 0 aliphatic heterocycles. The maximum absolute atomic E-state index is 11.5. The molecule has 29 heavy (non-hydrogen) atoms. The molecule has 3 rings (SSSR count). The number of anilines is 1. The molecule has 0 saturated heterocycles. The van der Waals surface area contributed by atoms with E-state index in [0.717, 1.165) is 5.56 Å². The van der Waals surface area contributed by atoms with Crippen LogP contribution >= 0.6 is 11.3 Å². The van der Waals surface area contributed by atoms with Crippen LogP contribution in [0.4, 0.5) is 5.69 Å². The molecule has 0 bridgehead atoms. The van der Waals surface area contributed by atoms with Gasteiger partial charge in [-0.05, 0) is 30.3 Å². The Labute approximate surface area is 172 Å². The molecule has 7 nitrogen and oxygen atoms in total. The number of para-hydroxylation sites is 1. The van der Waals surface area contributed by atoms with Crippen molar-refractivity contribution in [3.05, 3.63) is 64.6 Å². The standard InChI is InChI=1S/C21H18N4O3S/c1-27-18-8-7-13(9-19(18)28-2)17-12-29-21(25-17)14(10-22)11-24-16-6-4-3-5-15(16)20(23)26/h3-9,11-12,24H,1-2H3,(H2,23,26)/b14-11+. The van der Waals surface area contributed by atoms with E-state index in [1.807, 2.05) is 17.5 Å². The number of aromatic nitrogens is 1. The average Bonchev–Trinajstić information content (AvgIpc) is 3.24. The van der Waals surface area contributed by atoms with Crippen LogP contribution in [0.3, 0.4) is 0 Å². The monoisotopic (exact) mass is 406 g/mol. The van der Waals surface area contributed by atoms with Crippen molar-refractivity contribution in [2.24, 2.45) is 5.73 Å². The number of carbonyl (C=O) groups is 1. The Kier molecular flexibility index (Phi) is 6.12. The van der Waals surface area contributed by atoms with Crippen LogP contribution in [0.25, 0.3) is 16.8 Å². The second-order valence-corrected chi connectivity index (χ2v) is 6.69. The minimum atomic E-state index is -0.551. The number of carbonyl (C=O) groups excluding carboxylic acids is 1. The molecule has 0 aliphatic rings. The summed E-state index contributed by atoms with van der Waals surface area (Å²) in [7, 11) is 3.14. The summed E-state index contributed by atoms with van der Waals surface area (Å²) in [6.07, 6.45) is 1.51. The summed E-state index contributed by atoms with van der Waals surface area (Å²) >= 11 is 1.34. The van der Waals surface area contributed by atoms with Gasteiger partial charge >= 0.3 is 0 Å². The Morgan fingerprint density at radius 1 is 1.21 bits per heavy atom. The van der Waals surface area contributed by atoms with Crippen LogP contribution < -0.4 is 20.5 Å². The van der Waals surface area contributed by atoms with E-state index >= 15 is 0 Å². The third-order valence-electron chi connectivity index (χ3n) is 4.10. The van der Waals surface area contributed by atoms with E-state index in [-0.39, 0.29) is 0 Å². The molecule has 0 atom stereocenters. The first-order chi connectivity index (χ1) is 14.1. The molecule has 8 heteroatoms. The Morgan fingerprint density at radius 2 is 1.97 bits per heavy atom. The molecule has 3 N–H and O–H groups in total. The summed E-state index contributed by atoms with van der Waals surface area (Å²) in [5.74, 6) is 0.673. The minimum absolute atomic E-state index is 0.334. The molecule has 1 aromatic heterocycles. The molecule has 2 aromatic carbocycles. The lowest BCUT2D eigenvalue weighted by atomic mass is 10.1. The average molecular weight is 406 g/mol. The number of allylic oxidation sites excluding steroid dienone is 1. The fourth-order valence-corrected chi connectivity index (χ4v) is 3.44. The minimum Gasteiger partial charge on any atom is -0.493 e. The second kappa shape index (κ2) is 8.91. The zero-order chi connectivity index (χ0) is 20.8. The Bertz CT molecular complexity index is 1120. The Balaban J connectivity index is 1.88. The Morgan fingerprint density at radius 3 is 2.66 bits per heavy atom.